The fourth-order valence-electron chi connectivity index (χ4n) is 0.213. The Bertz CT molecular complexity index is 98.8. The molecule has 0 unspecified atom stereocenters. The van der Waals surface area contributed by atoms with E-state index in [2.05, 4.69) is 3.79 Å². The summed E-state index contributed by atoms with van der Waals surface area (Å²) in [6, 6.07) is 0. The van der Waals surface area contributed by atoms with E-state index < -0.39 is 11.0 Å². The summed E-state index contributed by atoms with van der Waals surface area (Å²) in [5, 5.41) is 0. The van der Waals surface area contributed by atoms with Gasteiger partial charge in [0.1, 0.15) is 0 Å². The van der Waals surface area contributed by atoms with Crippen molar-refractivity contribution in [1.82, 2.24) is 0 Å². The Hall–Kier alpha value is 1.25. The second kappa shape index (κ2) is 4.13. The predicted molar refractivity (Wildman–Crippen MR) is 35.1 cm³/mol. The molecule has 0 aliphatic heterocycles. The van der Waals surface area contributed by atoms with Gasteiger partial charge in [-0.25, -0.2) is 0 Å². The number of rotatable bonds is 2. The number of hydrogen-bond donors (Lipinski definition) is 0. The minimum atomic E-state index is -2.93. The zero-order chi connectivity index (χ0) is 6.62. The molecule has 0 bridgehead atoms. The van der Waals surface area contributed by atoms with Crippen LogP contribution in [0.25, 0.3) is 0 Å². The van der Waals surface area contributed by atoms with E-state index in [1.54, 1.807) is 0 Å². The average Bonchev–Trinajstić information content (AvgIpc) is 1.59. The van der Waals surface area contributed by atoms with Gasteiger partial charge in [0.05, 0.1) is 0 Å². The molecular weight excluding hydrogens is 207 g/mol. The van der Waals surface area contributed by atoms with Crippen LogP contribution in [-0.4, -0.2) is 6.54 Å². The van der Waals surface area contributed by atoms with Crippen LogP contribution in [0.2, 0.25) is 0 Å². The van der Waals surface area contributed by atoms with Crippen LogP contribution < -0.4 is 0 Å². The molecule has 0 aromatic heterocycles. The van der Waals surface area contributed by atoms with Crippen molar-refractivity contribution in [3.05, 3.63) is 0 Å². The molecule has 0 spiro atoms. The average molecular weight is 214 g/mol. The molecule has 8 heavy (non-hydrogen) atoms. The molecule has 5 heteroatoms. The van der Waals surface area contributed by atoms with E-state index in [1.165, 1.54) is 0 Å². The van der Waals surface area contributed by atoms with Crippen molar-refractivity contribution in [2.45, 2.75) is 13.3 Å². The Balaban J connectivity index is 3.58. The van der Waals surface area contributed by atoms with Crippen molar-refractivity contribution in [2.75, 3.05) is 6.54 Å². The SMILES string of the molecule is CCC[N]=[V]([Cl])([Cl])[Cl]. The van der Waals surface area contributed by atoms with E-state index in [1.807, 2.05) is 6.92 Å². The summed E-state index contributed by atoms with van der Waals surface area (Å²) >= 11 is 0. The van der Waals surface area contributed by atoms with Gasteiger partial charge >= 0.3 is 64.2 Å². The molecule has 1 nitrogen and oxygen atoms in total. The molecule has 0 N–H and O–H groups in total. The van der Waals surface area contributed by atoms with Crippen LogP contribution in [0.3, 0.4) is 0 Å². The second-order valence-electron chi connectivity index (χ2n) is 1.28. The number of hydrogen-bond acceptors (Lipinski definition) is 1. The van der Waals surface area contributed by atoms with E-state index >= 15 is 0 Å². The van der Waals surface area contributed by atoms with Gasteiger partial charge in [-0.3, -0.25) is 0 Å². The van der Waals surface area contributed by atoms with Crippen LogP contribution in [0.15, 0.2) is 3.79 Å². The van der Waals surface area contributed by atoms with Gasteiger partial charge in [0.15, 0.2) is 0 Å². The van der Waals surface area contributed by atoms with Gasteiger partial charge in [-0.2, -0.15) is 0 Å². The minimum absolute atomic E-state index is 0.684. The summed E-state index contributed by atoms with van der Waals surface area (Å²) in [4.78, 5) is 0. The third kappa shape index (κ3) is 7.25. The van der Waals surface area contributed by atoms with Crippen LogP contribution in [0.1, 0.15) is 13.3 Å². The van der Waals surface area contributed by atoms with Crippen LogP contribution in [-0.2, 0) is 11.0 Å². The van der Waals surface area contributed by atoms with Crippen LogP contribution >= 0.6 is 29.5 Å². The van der Waals surface area contributed by atoms with Gasteiger partial charge in [-0.05, 0) is 0 Å². The Kier molecular flexibility index (Phi) is 4.78. The molecule has 0 amide bonds. The fourth-order valence-corrected chi connectivity index (χ4v) is 1.81. The Morgan fingerprint density at radius 1 is 1.38 bits per heavy atom. The molecule has 0 aliphatic carbocycles. The van der Waals surface area contributed by atoms with Gasteiger partial charge in [-0.1, -0.05) is 0 Å². The maximum atomic E-state index is 5.45. The van der Waals surface area contributed by atoms with E-state index in [9.17, 15) is 0 Å². The molecule has 0 radical (unpaired) electrons. The van der Waals surface area contributed by atoms with Crippen LogP contribution in [0, 0.1) is 0 Å². The van der Waals surface area contributed by atoms with E-state index in [-0.39, 0.29) is 0 Å². The van der Waals surface area contributed by atoms with E-state index in [0.29, 0.717) is 6.54 Å². The zero-order valence-corrected chi connectivity index (χ0v) is 8.11. The molecule has 0 saturated heterocycles. The van der Waals surface area contributed by atoms with Crippen LogP contribution in [0.5, 0.6) is 0 Å². The molecule has 0 rings (SSSR count). The molecular formula is C3H7Cl3NV. The van der Waals surface area contributed by atoms with Gasteiger partial charge in [-0.15, -0.1) is 0 Å². The molecule has 50 valence electrons. The van der Waals surface area contributed by atoms with Crippen molar-refractivity contribution in [1.29, 1.82) is 0 Å². The van der Waals surface area contributed by atoms with Gasteiger partial charge in [0.25, 0.3) is 0 Å². The molecule has 0 saturated carbocycles. The molecule has 0 heterocycles. The summed E-state index contributed by atoms with van der Waals surface area (Å²) in [6.07, 6.45) is 0.954. The topological polar surface area (TPSA) is 12.4 Å². The molecule has 0 aliphatic rings. The molecule has 0 aromatic rings. The summed E-state index contributed by atoms with van der Waals surface area (Å²) in [7, 11) is 13.4. The molecule has 0 atom stereocenters. The summed E-state index contributed by atoms with van der Waals surface area (Å²) in [5.41, 5.74) is 0. The van der Waals surface area contributed by atoms with Crippen molar-refractivity contribution < 1.29 is 11.0 Å². The first-order valence-electron chi connectivity index (χ1n) is 2.23. The predicted octanol–water partition coefficient (Wildman–Crippen LogP) is 3.20. The van der Waals surface area contributed by atoms with Crippen molar-refractivity contribution >= 4 is 29.5 Å². The van der Waals surface area contributed by atoms with Gasteiger partial charge in [0.2, 0.25) is 0 Å². The first-order chi connectivity index (χ1) is 3.56. The third-order valence-corrected chi connectivity index (χ3v) is 2.62. The number of nitrogens with zero attached hydrogens (tertiary/aromatic N) is 1. The van der Waals surface area contributed by atoms with Gasteiger partial charge < -0.3 is 0 Å². The van der Waals surface area contributed by atoms with Crippen molar-refractivity contribution in [3.8, 4) is 0 Å². The van der Waals surface area contributed by atoms with E-state index in [0.717, 1.165) is 6.42 Å². The van der Waals surface area contributed by atoms with Crippen molar-refractivity contribution in [2.24, 2.45) is 3.79 Å². The summed E-state index contributed by atoms with van der Waals surface area (Å²) in [6.45, 7) is 2.68. The first-order valence-corrected chi connectivity index (χ1v) is 8.62. The van der Waals surface area contributed by atoms with Crippen LogP contribution in [0.4, 0.5) is 0 Å². The van der Waals surface area contributed by atoms with Gasteiger partial charge in [0, 0.05) is 0 Å². The standard InChI is InChI=1S/C3H7N.3ClH.V/c1-2-3-4;;;;/h2-3H2,1H3;3*1H;/q;;;;+3/p-3. The summed E-state index contributed by atoms with van der Waals surface area (Å²) in [5.74, 6) is 0. The zero-order valence-electron chi connectivity index (χ0n) is 4.44. The Morgan fingerprint density at radius 2 is 1.88 bits per heavy atom. The summed E-state index contributed by atoms with van der Waals surface area (Å²) < 4.78 is 3.84. The van der Waals surface area contributed by atoms with E-state index in [4.69, 9.17) is 29.5 Å². The Morgan fingerprint density at radius 3 is 2.00 bits per heavy atom. The first kappa shape index (κ1) is 9.25. The monoisotopic (exact) mass is 213 g/mol. The van der Waals surface area contributed by atoms with Crippen molar-refractivity contribution in [3.63, 3.8) is 0 Å². The quantitative estimate of drug-likeness (QED) is 0.669. The number of halogens is 3. The normalized spacial score (nSPS) is 11.5. The molecule has 0 aromatic carbocycles. The maximum absolute atomic E-state index is 5.45. The Labute approximate surface area is 64.1 Å². The second-order valence-corrected chi connectivity index (χ2v) is 11.2. The molecule has 0 fully saturated rings. The fraction of sp³-hybridized carbons (Fsp3) is 1.00. The third-order valence-electron chi connectivity index (χ3n) is 0.484.